The summed E-state index contributed by atoms with van der Waals surface area (Å²) in [6, 6.07) is 8.49. The molecular formula is C30H36FN9O2. The minimum atomic E-state index is -1.01. The van der Waals surface area contributed by atoms with Crippen molar-refractivity contribution in [3.05, 3.63) is 48.1 Å². The topological polar surface area (TPSA) is 118 Å². The highest BCUT2D eigenvalue weighted by atomic mass is 19.1. The molecule has 2 fully saturated rings. The maximum absolute atomic E-state index is 13.8. The molecule has 0 aliphatic carbocycles. The van der Waals surface area contributed by atoms with Gasteiger partial charge < -0.3 is 24.3 Å². The number of rotatable bonds is 7. The smallest absolute Gasteiger partial charge is 0.318 e. The Bertz CT molecular complexity index is 1520. The molecule has 11 nitrogen and oxygen atoms in total. The van der Waals surface area contributed by atoms with Gasteiger partial charge in [0, 0.05) is 48.9 Å². The molecule has 1 N–H and O–H groups in total. The predicted octanol–water partition coefficient (Wildman–Crippen LogP) is 3.19. The summed E-state index contributed by atoms with van der Waals surface area (Å²) in [7, 11) is 2.11. The van der Waals surface area contributed by atoms with Crippen LogP contribution >= 0.6 is 0 Å². The number of benzene rings is 1. The third-order valence-corrected chi connectivity index (χ3v) is 8.73. The molecule has 0 saturated carbocycles. The fraction of sp³-hybridized carbons (Fsp3) is 0.500. The molecule has 0 radical (unpaired) electrons. The first-order valence-electron chi connectivity index (χ1n) is 14.6. The summed E-state index contributed by atoms with van der Waals surface area (Å²) in [4.78, 5) is 30.6. The lowest BCUT2D eigenvalue weighted by molar-refractivity contribution is -0.131. The first kappa shape index (κ1) is 27.9. The second-order valence-corrected chi connectivity index (χ2v) is 11.3. The van der Waals surface area contributed by atoms with Gasteiger partial charge in [-0.2, -0.15) is 20.3 Å². The molecular weight excluding hydrogens is 537 g/mol. The van der Waals surface area contributed by atoms with Gasteiger partial charge in [-0.05, 0) is 51.4 Å². The molecule has 220 valence electrons. The molecule has 0 bridgehead atoms. The van der Waals surface area contributed by atoms with Crippen LogP contribution in [-0.2, 0) is 17.8 Å². The van der Waals surface area contributed by atoms with Crippen molar-refractivity contribution < 1.29 is 13.9 Å². The zero-order valence-electron chi connectivity index (χ0n) is 23.9. The number of likely N-dealkylation sites (N-methyl/N-ethyl adjacent to an activating group) is 1. The third kappa shape index (κ3) is 5.48. The molecule has 2 aromatic heterocycles. The van der Waals surface area contributed by atoms with Gasteiger partial charge in [0.25, 0.3) is 5.91 Å². The number of likely N-dealkylation sites (tertiary alicyclic amines) is 1. The Balaban J connectivity index is 1.34. The molecule has 3 aliphatic heterocycles. The molecule has 2 saturated heterocycles. The summed E-state index contributed by atoms with van der Waals surface area (Å²) in [6.45, 7) is 7.23. The Labute approximate surface area is 244 Å². The van der Waals surface area contributed by atoms with Crippen LogP contribution in [0.2, 0.25) is 0 Å². The van der Waals surface area contributed by atoms with Crippen LogP contribution in [0.5, 0.6) is 6.01 Å². The second-order valence-electron chi connectivity index (χ2n) is 11.3. The van der Waals surface area contributed by atoms with E-state index in [4.69, 9.17) is 14.7 Å². The van der Waals surface area contributed by atoms with Crippen molar-refractivity contribution in [2.45, 2.75) is 50.7 Å². The number of ether oxygens (including phenoxy) is 1. The van der Waals surface area contributed by atoms with Crippen LogP contribution in [0.4, 0.5) is 15.9 Å². The molecule has 2 atom stereocenters. The minimum Gasteiger partial charge on any atom is -0.462 e. The number of aromatic nitrogens is 4. The van der Waals surface area contributed by atoms with Crippen LogP contribution in [-0.4, -0.2) is 94.3 Å². The largest absolute Gasteiger partial charge is 0.462 e. The summed E-state index contributed by atoms with van der Waals surface area (Å²) in [5.74, 6) is -1.000. The zero-order valence-corrected chi connectivity index (χ0v) is 23.9. The number of H-pyrrole nitrogens is 1. The van der Waals surface area contributed by atoms with E-state index in [9.17, 15) is 14.4 Å². The summed E-state index contributed by atoms with van der Waals surface area (Å²) < 4.78 is 20.1. The van der Waals surface area contributed by atoms with Crippen LogP contribution < -0.4 is 14.5 Å². The van der Waals surface area contributed by atoms with Crippen molar-refractivity contribution >= 4 is 28.3 Å². The van der Waals surface area contributed by atoms with Gasteiger partial charge in [0.05, 0.1) is 42.5 Å². The first-order chi connectivity index (χ1) is 20.4. The maximum Gasteiger partial charge on any atom is 0.318 e. The molecule has 3 aromatic rings. The van der Waals surface area contributed by atoms with Gasteiger partial charge in [0.15, 0.2) is 5.83 Å². The van der Waals surface area contributed by atoms with Gasteiger partial charge in [-0.1, -0.05) is 12.6 Å². The number of halogens is 1. The van der Waals surface area contributed by atoms with Crippen molar-refractivity contribution in [2.24, 2.45) is 0 Å². The van der Waals surface area contributed by atoms with Crippen LogP contribution in [0.25, 0.3) is 10.9 Å². The number of hydrogen-bond donors (Lipinski definition) is 1. The fourth-order valence-corrected chi connectivity index (χ4v) is 6.46. The second kappa shape index (κ2) is 11.9. The van der Waals surface area contributed by atoms with Gasteiger partial charge in [-0.3, -0.25) is 9.89 Å². The summed E-state index contributed by atoms with van der Waals surface area (Å²) in [5.41, 5.74) is 4.03. The number of carbonyl (C=O) groups is 1. The van der Waals surface area contributed by atoms with Crippen LogP contribution in [0, 0.1) is 11.3 Å². The summed E-state index contributed by atoms with van der Waals surface area (Å²) >= 11 is 0. The van der Waals surface area contributed by atoms with E-state index in [2.05, 4.69) is 50.7 Å². The van der Waals surface area contributed by atoms with Crippen molar-refractivity contribution in [3.8, 4) is 12.1 Å². The number of fused-ring (bicyclic) bond motifs is 2. The number of aromatic amines is 1. The standard InChI is InChI=1S/C30H36FN9O2/c1-20(31)29(41)40-15-14-39(17-21(40)10-11-32)28-23-7-5-13-38(27-9-3-8-25-24(27)16-33-36-25)18-26(23)34-30(35-28)42-19-22-6-4-12-37(22)2/h3,8-9,16,21-22H,1,4-7,10,12-15,17-19H2,2H3,(H,33,36). The Morgan fingerprint density at radius 3 is 2.86 bits per heavy atom. The number of carbonyl (C=O) groups excluding carboxylic acids is 1. The number of amides is 1. The molecule has 6 rings (SSSR count). The average Bonchev–Trinajstić information content (AvgIpc) is 3.58. The molecule has 42 heavy (non-hydrogen) atoms. The van der Waals surface area contributed by atoms with E-state index in [1.807, 2.05) is 18.3 Å². The van der Waals surface area contributed by atoms with Crippen LogP contribution in [0.15, 0.2) is 36.8 Å². The molecule has 0 spiro atoms. The maximum atomic E-state index is 13.8. The third-order valence-electron chi connectivity index (χ3n) is 8.73. The van der Waals surface area contributed by atoms with E-state index >= 15 is 0 Å². The van der Waals surface area contributed by atoms with Gasteiger partial charge in [0.2, 0.25) is 0 Å². The van der Waals surface area contributed by atoms with E-state index in [0.29, 0.717) is 38.3 Å². The van der Waals surface area contributed by atoms with E-state index < -0.39 is 17.8 Å². The van der Waals surface area contributed by atoms with Crippen molar-refractivity contribution in [3.63, 3.8) is 0 Å². The Hall–Kier alpha value is -4.24. The van der Waals surface area contributed by atoms with E-state index in [-0.39, 0.29) is 13.0 Å². The molecule has 12 heteroatoms. The summed E-state index contributed by atoms with van der Waals surface area (Å²) in [5, 5.41) is 17.9. The normalized spacial score (nSPS) is 21.2. The van der Waals surface area contributed by atoms with Crippen LogP contribution in [0.1, 0.15) is 36.9 Å². The number of anilines is 2. The molecule has 1 amide bonds. The molecule has 1 aromatic carbocycles. The van der Waals surface area contributed by atoms with Gasteiger partial charge >= 0.3 is 6.01 Å². The summed E-state index contributed by atoms with van der Waals surface area (Å²) in [6.07, 6.45) is 5.83. The number of nitrogens with one attached hydrogen (secondary N) is 1. The highest BCUT2D eigenvalue weighted by Gasteiger charge is 2.34. The monoisotopic (exact) mass is 573 g/mol. The quantitative estimate of drug-likeness (QED) is 0.425. The van der Waals surface area contributed by atoms with E-state index in [0.717, 1.165) is 72.4 Å². The molecule has 3 aliphatic rings. The van der Waals surface area contributed by atoms with E-state index in [1.165, 1.54) is 4.90 Å². The lowest BCUT2D eigenvalue weighted by Crippen LogP contribution is -2.55. The number of hydrogen-bond acceptors (Lipinski definition) is 9. The predicted molar refractivity (Wildman–Crippen MR) is 157 cm³/mol. The number of nitriles is 1. The highest BCUT2D eigenvalue weighted by molar-refractivity contribution is 5.92. The van der Waals surface area contributed by atoms with E-state index in [1.54, 1.807) is 0 Å². The molecule has 5 heterocycles. The lowest BCUT2D eigenvalue weighted by Gasteiger charge is -2.41. The van der Waals surface area contributed by atoms with Gasteiger partial charge in [0.1, 0.15) is 12.4 Å². The Morgan fingerprint density at radius 1 is 1.19 bits per heavy atom. The van der Waals surface area contributed by atoms with Crippen LogP contribution in [0.3, 0.4) is 0 Å². The molecule has 2 unspecified atom stereocenters. The minimum absolute atomic E-state index is 0.0860. The van der Waals surface area contributed by atoms with Crippen molar-refractivity contribution in [1.82, 2.24) is 30.0 Å². The fourth-order valence-electron chi connectivity index (χ4n) is 6.46. The Kier molecular flexibility index (Phi) is 7.93. The SMILES string of the molecule is C=C(F)C(=O)N1CCN(c2nc(OCC3CCCN3C)nc3c2CCCN(c2cccc4[nH]ncc24)C3)CC1CC#N. The Morgan fingerprint density at radius 2 is 2.07 bits per heavy atom. The van der Waals surface area contributed by atoms with Gasteiger partial charge in [-0.15, -0.1) is 0 Å². The average molecular weight is 574 g/mol. The number of nitrogens with zero attached hydrogens (tertiary/aromatic N) is 8. The highest BCUT2D eigenvalue weighted by Crippen LogP contribution is 2.34. The van der Waals surface area contributed by atoms with Crippen molar-refractivity contribution in [1.29, 1.82) is 5.26 Å². The zero-order chi connectivity index (χ0) is 29.2. The van der Waals surface area contributed by atoms with Gasteiger partial charge in [-0.25, -0.2) is 4.39 Å². The first-order valence-corrected chi connectivity index (χ1v) is 14.6. The lowest BCUT2D eigenvalue weighted by atomic mass is 10.1. The number of piperazine rings is 1. The van der Waals surface area contributed by atoms with Crippen molar-refractivity contribution in [2.75, 3.05) is 56.2 Å².